The molecule has 0 spiro atoms. The van der Waals surface area contributed by atoms with Crippen LogP contribution in [0.1, 0.15) is 20.7 Å². The van der Waals surface area contributed by atoms with Gasteiger partial charge in [0.2, 0.25) is 0 Å². The summed E-state index contributed by atoms with van der Waals surface area (Å²) in [6.45, 7) is 0. The Balaban J connectivity index is 2.11. The van der Waals surface area contributed by atoms with Crippen molar-refractivity contribution < 1.29 is 14.5 Å². The third-order valence-corrected chi connectivity index (χ3v) is 3.50. The molecule has 1 aliphatic heterocycles. The molecule has 0 atom stereocenters. The Hall–Kier alpha value is -3.22. The van der Waals surface area contributed by atoms with E-state index >= 15 is 0 Å². The number of amides is 2. The Morgan fingerprint density at radius 3 is 2.14 bits per heavy atom. The lowest BCUT2D eigenvalue weighted by Gasteiger charge is -2.17. The summed E-state index contributed by atoms with van der Waals surface area (Å²) in [6, 6.07) is 10.5. The largest absolute Gasteiger partial charge is 0.386 e. The summed E-state index contributed by atoms with van der Waals surface area (Å²) in [6.07, 6.45) is 0. The van der Waals surface area contributed by atoms with Gasteiger partial charge in [-0.05, 0) is 18.2 Å². The minimum absolute atomic E-state index is 0.121. The molecule has 2 amide bonds. The maximum absolute atomic E-state index is 12.4. The number of non-ortho nitro benzene ring substituents is 1. The number of nitrogens with zero attached hydrogens (tertiary/aromatic N) is 2. The van der Waals surface area contributed by atoms with Crippen molar-refractivity contribution >= 4 is 28.9 Å². The second-order valence-corrected chi connectivity index (χ2v) is 4.70. The summed E-state index contributed by atoms with van der Waals surface area (Å²) in [7, 11) is 1.57. The topological polar surface area (TPSA) is 92.6 Å². The van der Waals surface area contributed by atoms with Crippen molar-refractivity contribution in [2.75, 3.05) is 17.3 Å². The van der Waals surface area contributed by atoms with Gasteiger partial charge in [-0.2, -0.15) is 0 Å². The molecule has 0 fully saturated rings. The summed E-state index contributed by atoms with van der Waals surface area (Å²) in [5.41, 5.74) is 1.16. The lowest BCUT2D eigenvalue weighted by atomic mass is 10.1. The Labute approximate surface area is 125 Å². The molecule has 0 saturated carbocycles. The van der Waals surface area contributed by atoms with Gasteiger partial charge in [0.15, 0.2) is 0 Å². The van der Waals surface area contributed by atoms with E-state index in [4.69, 9.17) is 0 Å². The highest BCUT2D eigenvalue weighted by Gasteiger charge is 2.37. The number of hydrogen-bond donors (Lipinski definition) is 1. The quantitative estimate of drug-likeness (QED) is 0.533. The van der Waals surface area contributed by atoms with Crippen molar-refractivity contribution in [3.8, 4) is 0 Å². The van der Waals surface area contributed by atoms with Crippen molar-refractivity contribution in [3.05, 3.63) is 63.7 Å². The average molecular weight is 297 g/mol. The van der Waals surface area contributed by atoms with Crippen LogP contribution in [0, 0.1) is 10.1 Å². The van der Waals surface area contributed by atoms with E-state index in [0.29, 0.717) is 22.5 Å². The van der Waals surface area contributed by atoms with Crippen LogP contribution in [0.2, 0.25) is 0 Å². The second-order valence-electron chi connectivity index (χ2n) is 4.70. The molecule has 0 radical (unpaired) electrons. The minimum Gasteiger partial charge on any atom is -0.386 e. The molecule has 1 heterocycles. The second kappa shape index (κ2) is 4.96. The molecule has 0 bridgehead atoms. The van der Waals surface area contributed by atoms with Gasteiger partial charge in [-0.3, -0.25) is 19.7 Å². The summed E-state index contributed by atoms with van der Waals surface area (Å²) in [5.74, 6) is -0.878. The molecule has 2 aromatic rings. The van der Waals surface area contributed by atoms with E-state index in [1.165, 1.54) is 18.2 Å². The van der Waals surface area contributed by atoms with E-state index in [-0.39, 0.29) is 5.69 Å². The average Bonchev–Trinajstić information content (AvgIpc) is 2.78. The number of imide groups is 1. The van der Waals surface area contributed by atoms with Crippen LogP contribution in [-0.4, -0.2) is 23.8 Å². The zero-order valence-electron chi connectivity index (χ0n) is 11.6. The lowest BCUT2D eigenvalue weighted by Crippen LogP contribution is -2.30. The van der Waals surface area contributed by atoms with Crippen LogP contribution in [0.4, 0.5) is 17.1 Å². The molecule has 0 aromatic heterocycles. The minimum atomic E-state index is -0.535. The Kier molecular flexibility index (Phi) is 3.10. The fourth-order valence-corrected chi connectivity index (χ4v) is 2.44. The van der Waals surface area contributed by atoms with Crippen molar-refractivity contribution in [3.63, 3.8) is 0 Å². The molecule has 0 saturated heterocycles. The van der Waals surface area contributed by atoms with Gasteiger partial charge in [0.05, 0.1) is 27.4 Å². The first-order chi connectivity index (χ1) is 10.5. The molecular formula is C15H11N3O4. The van der Waals surface area contributed by atoms with Gasteiger partial charge in [-0.1, -0.05) is 12.1 Å². The zero-order chi connectivity index (χ0) is 15.9. The third-order valence-electron chi connectivity index (χ3n) is 3.50. The van der Waals surface area contributed by atoms with Gasteiger partial charge in [-0.15, -0.1) is 0 Å². The molecule has 2 aromatic carbocycles. The summed E-state index contributed by atoms with van der Waals surface area (Å²) >= 11 is 0. The number of hydrogen-bond acceptors (Lipinski definition) is 5. The highest BCUT2D eigenvalue weighted by molar-refractivity contribution is 6.35. The van der Waals surface area contributed by atoms with Crippen LogP contribution in [-0.2, 0) is 0 Å². The predicted molar refractivity (Wildman–Crippen MR) is 80.2 cm³/mol. The number of rotatable bonds is 3. The zero-order valence-corrected chi connectivity index (χ0v) is 11.6. The molecule has 22 heavy (non-hydrogen) atoms. The molecular weight excluding hydrogens is 286 g/mol. The number of fused-ring (bicyclic) bond motifs is 1. The van der Waals surface area contributed by atoms with Gasteiger partial charge in [-0.25, -0.2) is 4.90 Å². The fraction of sp³-hybridized carbons (Fsp3) is 0.0667. The van der Waals surface area contributed by atoms with Crippen LogP contribution in [0.5, 0.6) is 0 Å². The van der Waals surface area contributed by atoms with E-state index in [1.54, 1.807) is 31.3 Å². The lowest BCUT2D eigenvalue weighted by molar-refractivity contribution is -0.384. The number of nitro benzene ring substituents is 1. The molecule has 3 rings (SSSR count). The molecule has 110 valence electrons. The normalized spacial score (nSPS) is 13.2. The van der Waals surface area contributed by atoms with E-state index < -0.39 is 16.7 Å². The van der Waals surface area contributed by atoms with Crippen molar-refractivity contribution in [1.82, 2.24) is 0 Å². The van der Waals surface area contributed by atoms with Gasteiger partial charge in [0.1, 0.15) is 0 Å². The number of anilines is 2. The summed E-state index contributed by atoms with van der Waals surface area (Å²) < 4.78 is 0. The Morgan fingerprint density at radius 1 is 1.05 bits per heavy atom. The van der Waals surface area contributed by atoms with Crippen LogP contribution in [0.25, 0.3) is 0 Å². The maximum Gasteiger partial charge on any atom is 0.271 e. The summed E-state index contributed by atoms with van der Waals surface area (Å²) in [4.78, 5) is 36.2. The van der Waals surface area contributed by atoms with E-state index in [0.717, 1.165) is 4.90 Å². The molecule has 7 nitrogen and oxygen atoms in total. The monoisotopic (exact) mass is 297 g/mol. The fourth-order valence-electron chi connectivity index (χ4n) is 2.44. The van der Waals surface area contributed by atoms with E-state index in [1.807, 2.05) is 0 Å². The number of carbonyl (C=O) groups excluding carboxylic acids is 2. The first-order valence-electron chi connectivity index (χ1n) is 6.48. The number of nitrogens with one attached hydrogen (secondary N) is 1. The SMILES string of the molecule is CNc1cc([N+](=O)[O-])ccc1N1C(=O)c2ccccc2C1=O. The van der Waals surface area contributed by atoms with Gasteiger partial charge < -0.3 is 5.32 Å². The van der Waals surface area contributed by atoms with E-state index in [9.17, 15) is 19.7 Å². The highest BCUT2D eigenvalue weighted by atomic mass is 16.6. The van der Waals surface area contributed by atoms with Crippen molar-refractivity contribution in [2.24, 2.45) is 0 Å². The maximum atomic E-state index is 12.4. The van der Waals surface area contributed by atoms with Gasteiger partial charge in [0, 0.05) is 19.2 Å². The molecule has 0 aliphatic carbocycles. The third kappa shape index (κ3) is 1.91. The van der Waals surface area contributed by atoms with Crippen LogP contribution >= 0.6 is 0 Å². The molecule has 1 N–H and O–H groups in total. The molecule has 7 heteroatoms. The van der Waals surface area contributed by atoms with Crippen LogP contribution in [0.3, 0.4) is 0 Å². The van der Waals surface area contributed by atoms with Crippen molar-refractivity contribution in [1.29, 1.82) is 0 Å². The van der Waals surface area contributed by atoms with Gasteiger partial charge in [0.25, 0.3) is 17.5 Å². The van der Waals surface area contributed by atoms with Gasteiger partial charge >= 0.3 is 0 Å². The number of benzene rings is 2. The Morgan fingerprint density at radius 2 is 1.64 bits per heavy atom. The standard InChI is InChI=1S/C15H11N3O4/c1-16-12-8-9(18(21)22)6-7-13(12)17-14(19)10-4-2-3-5-11(10)15(17)20/h2-8,16H,1H3. The molecule has 0 unspecified atom stereocenters. The van der Waals surface area contributed by atoms with E-state index in [2.05, 4.69) is 5.32 Å². The predicted octanol–water partition coefficient (Wildman–Crippen LogP) is 2.44. The molecule has 1 aliphatic rings. The first kappa shape index (κ1) is 13.7. The highest BCUT2D eigenvalue weighted by Crippen LogP contribution is 2.35. The summed E-state index contributed by atoms with van der Waals surface area (Å²) in [5, 5.41) is 13.6. The number of nitro groups is 1. The van der Waals surface area contributed by atoms with Crippen molar-refractivity contribution in [2.45, 2.75) is 0 Å². The first-order valence-corrected chi connectivity index (χ1v) is 6.48. The smallest absolute Gasteiger partial charge is 0.271 e. The van der Waals surface area contributed by atoms with Crippen LogP contribution < -0.4 is 10.2 Å². The number of carbonyl (C=O) groups is 2. The Bertz CT molecular complexity index is 781. The van der Waals surface area contributed by atoms with Crippen LogP contribution in [0.15, 0.2) is 42.5 Å².